The Hall–Kier alpha value is -0.360. The monoisotopic (exact) mass is 708 g/mol. The van der Waals surface area contributed by atoms with Crippen LogP contribution in [0.2, 0.25) is 0 Å². The zero-order valence-electron chi connectivity index (χ0n) is 21.6. The number of hydrogen-bond acceptors (Lipinski definition) is 16. The molecule has 0 N–H and O–H groups in total. The standard InChI is InChI=1S/C14H22O4S4.C10H14O4S4/c19-7-3-15-11-1-2-12(16-4-8-20)14(18-6-10-22)13(11)17-5-9-21;15-3-11-7-1-8(12-4-16)10(14-6-18)2-9(7)13-5-17/h1-2,19-22H,3-10H2;1-2,15-18H,3-6H2. The highest BCUT2D eigenvalue weighted by Gasteiger charge is 2.19. The fourth-order valence-electron chi connectivity index (χ4n) is 2.89. The molecule has 0 aromatic heterocycles. The molecule has 40 heavy (non-hydrogen) atoms. The van der Waals surface area contributed by atoms with Crippen molar-refractivity contribution in [3.63, 3.8) is 0 Å². The van der Waals surface area contributed by atoms with Gasteiger partial charge in [-0.1, -0.05) is 0 Å². The summed E-state index contributed by atoms with van der Waals surface area (Å²) < 4.78 is 44.2. The van der Waals surface area contributed by atoms with Crippen LogP contribution in [0, 0.1) is 0 Å². The molecule has 2 aromatic carbocycles. The molecular weight excluding hydrogens is 673 g/mol. The third-order valence-corrected chi connectivity index (χ3v) is 5.55. The van der Waals surface area contributed by atoms with E-state index in [1.54, 1.807) is 24.3 Å². The Morgan fingerprint density at radius 1 is 0.350 bits per heavy atom. The van der Waals surface area contributed by atoms with Crippen molar-refractivity contribution in [3.8, 4) is 46.0 Å². The normalized spacial score (nSPS) is 10.2. The molecule has 2 rings (SSSR count). The second kappa shape index (κ2) is 24.1. The number of ether oxygens (including phenoxy) is 8. The average Bonchev–Trinajstić information content (AvgIpc) is 2.96. The molecule has 0 radical (unpaired) electrons. The molecule has 0 aliphatic rings. The lowest BCUT2D eigenvalue weighted by molar-refractivity contribution is 0.247. The molecule has 8 nitrogen and oxygen atoms in total. The van der Waals surface area contributed by atoms with Gasteiger partial charge in [0, 0.05) is 35.1 Å². The Morgan fingerprint density at radius 3 is 0.875 bits per heavy atom. The van der Waals surface area contributed by atoms with Crippen molar-refractivity contribution < 1.29 is 37.9 Å². The van der Waals surface area contributed by atoms with Crippen LogP contribution in [0.25, 0.3) is 0 Å². The van der Waals surface area contributed by atoms with Crippen LogP contribution < -0.4 is 37.9 Å². The van der Waals surface area contributed by atoms with Gasteiger partial charge < -0.3 is 37.9 Å². The third kappa shape index (κ3) is 13.7. The summed E-state index contributed by atoms with van der Waals surface area (Å²) in [6.07, 6.45) is 0. The molecule has 0 saturated carbocycles. The predicted molar refractivity (Wildman–Crippen MR) is 188 cm³/mol. The van der Waals surface area contributed by atoms with Crippen LogP contribution >= 0.6 is 101 Å². The van der Waals surface area contributed by atoms with Crippen LogP contribution in [0.3, 0.4) is 0 Å². The maximum Gasteiger partial charge on any atom is 0.207 e. The van der Waals surface area contributed by atoms with E-state index in [-0.39, 0.29) is 23.8 Å². The van der Waals surface area contributed by atoms with Crippen LogP contribution in [0.5, 0.6) is 46.0 Å². The lowest BCUT2D eigenvalue weighted by atomic mass is 10.2. The predicted octanol–water partition coefficient (Wildman–Crippen LogP) is 5.67. The fourth-order valence-corrected chi connectivity index (χ4v) is 3.81. The highest BCUT2D eigenvalue weighted by Crippen LogP contribution is 2.45. The second-order valence-electron chi connectivity index (χ2n) is 6.85. The molecule has 0 saturated heterocycles. The van der Waals surface area contributed by atoms with Gasteiger partial charge in [-0.15, -0.1) is 50.5 Å². The highest BCUT2D eigenvalue weighted by atomic mass is 32.1. The lowest BCUT2D eigenvalue weighted by Crippen LogP contribution is -2.09. The summed E-state index contributed by atoms with van der Waals surface area (Å²) >= 11 is 32.7. The average molecular weight is 709 g/mol. The van der Waals surface area contributed by atoms with E-state index in [0.717, 1.165) is 0 Å². The van der Waals surface area contributed by atoms with E-state index in [2.05, 4.69) is 101 Å². The first-order chi connectivity index (χ1) is 19.5. The Morgan fingerprint density at radius 2 is 0.625 bits per heavy atom. The molecule has 228 valence electrons. The van der Waals surface area contributed by atoms with Crippen molar-refractivity contribution in [2.45, 2.75) is 0 Å². The van der Waals surface area contributed by atoms with E-state index in [4.69, 9.17) is 37.9 Å². The highest BCUT2D eigenvalue weighted by molar-refractivity contribution is 7.81. The van der Waals surface area contributed by atoms with Gasteiger partial charge in [0.05, 0.1) is 26.4 Å². The second-order valence-corrected chi connectivity index (χ2v) is 9.67. The molecular formula is C24H36O8S8. The van der Waals surface area contributed by atoms with Crippen molar-refractivity contribution in [2.75, 3.05) is 73.2 Å². The minimum Gasteiger partial charge on any atom is -0.489 e. The maximum atomic E-state index is 5.76. The van der Waals surface area contributed by atoms with E-state index in [1.165, 1.54) is 0 Å². The molecule has 16 heteroatoms. The molecule has 0 heterocycles. The van der Waals surface area contributed by atoms with E-state index in [9.17, 15) is 0 Å². The molecule has 0 bridgehead atoms. The van der Waals surface area contributed by atoms with Crippen LogP contribution in [-0.2, 0) is 0 Å². The summed E-state index contributed by atoms with van der Waals surface area (Å²) in [6.45, 7) is 1.83. The largest absolute Gasteiger partial charge is 0.489 e. The molecule has 0 spiro atoms. The Balaban J connectivity index is 0.000000408. The minimum atomic E-state index is 0.218. The van der Waals surface area contributed by atoms with Crippen LogP contribution in [0.15, 0.2) is 24.3 Å². The number of thiol groups is 8. The van der Waals surface area contributed by atoms with Crippen LogP contribution in [0.4, 0.5) is 0 Å². The molecule has 0 unspecified atom stereocenters. The fraction of sp³-hybridized carbons (Fsp3) is 0.500. The van der Waals surface area contributed by atoms with Crippen molar-refractivity contribution in [1.82, 2.24) is 0 Å². The summed E-state index contributed by atoms with van der Waals surface area (Å²) in [6, 6.07) is 6.92. The number of benzene rings is 2. The van der Waals surface area contributed by atoms with E-state index in [1.807, 2.05) is 0 Å². The lowest BCUT2D eigenvalue weighted by Gasteiger charge is -2.19. The molecule has 0 fully saturated rings. The summed E-state index contributed by atoms with van der Waals surface area (Å²) in [5.74, 6) is 7.51. The minimum absolute atomic E-state index is 0.218. The van der Waals surface area contributed by atoms with Crippen molar-refractivity contribution in [1.29, 1.82) is 0 Å². The van der Waals surface area contributed by atoms with Gasteiger partial charge in [-0.3, -0.25) is 0 Å². The summed E-state index contributed by atoms with van der Waals surface area (Å²) in [7, 11) is 0. The summed E-state index contributed by atoms with van der Waals surface area (Å²) in [5.41, 5.74) is 0. The SMILES string of the molecule is SCCOc1ccc(OCCS)c(OCCS)c1OCCS.SCOc1cc(OCS)c(OCS)cc1OCS. The Bertz CT molecular complexity index is 852. The van der Waals surface area contributed by atoms with Gasteiger partial charge in [0.2, 0.25) is 11.5 Å². The van der Waals surface area contributed by atoms with E-state index >= 15 is 0 Å². The first-order valence-corrected chi connectivity index (χ1v) is 16.8. The topological polar surface area (TPSA) is 73.8 Å². The Kier molecular flexibility index (Phi) is 22.7. The first kappa shape index (κ1) is 37.7. The molecule has 0 aliphatic heterocycles. The van der Waals surface area contributed by atoms with Gasteiger partial charge in [0.25, 0.3) is 0 Å². The maximum absolute atomic E-state index is 5.76. The van der Waals surface area contributed by atoms with Gasteiger partial charge >= 0.3 is 0 Å². The molecule has 0 amide bonds. The number of rotatable bonds is 20. The van der Waals surface area contributed by atoms with Crippen LogP contribution in [0.1, 0.15) is 0 Å². The number of hydrogen-bond donors (Lipinski definition) is 8. The Labute approximate surface area is 280 Å². The van der Waals surface area contributed by atoms with E-state index in [0.29, 0.717) is 95.4 Å². The molecule has 0 atom stereocenters. The third-order valence-electron chi connectivity index (χ3n) is 4.30. The quantitative estimate of drug-likeness (QED) is 0.0662. The van der Waals surface area contributed by atoms with Crippen LogP contribution in [-0.4, -0.2) is 73.2 Å². The van der Waals surface area contributed by atoms with Gasteiger partial charge in [-0.05, 0) is 12.1 Å². The van der Waals surface area contributed by atoms with E-state index < -0.39 is 0 Å². The summed E-state index contributed by atoms with van der Waals surface area (Å²) in [5, 5.41) is 0. The van der Waals surface area contributed by atoms with Crippen molar-refractivity contribution in [2.24, 2.45) is 0 Å². The van der Waals surface area contributed by atoms with Crippen molar-refractivity contribution >= 4 is 101 Å². The van der Waals surface area contributed by atoms with Crippen molar-refractivity contribution in [3.05, 3.63) is 24.3 Å². The summed E-state index contributed by atoms with van der Waals surface area (Å²) in [4.78, 5) is 0. The zero-order chi connectivity index (χ0) is 29.6. The molecule has 2 aromatic rings. The smallest absolute Gasteiger partial charge is 0.207 e. The van der Waals surface area contributed by atoms with Gasteiger partial charge in [-0.2, -0.15) is 50.5 Å². The van der Waals surface area contributed by atoms with Gasteiger partial charge in [-0.25, -0.2) is 0 Å². The van der Waals surface area contributed by atoms with Gasteiger partial charge in [0.15, 0.2) is 34.5 Å². The van der Waals surface area contributed by atoms with Gasteiger partial charge in [0.1, 0.15) is 23.8 Å². The first-order valence-electron chi connectivity index (χ1n) is 11.8. The molecule has 0 aliphatic carbocycles. The zero-order valence-corrected chi connectivity index (χ0v) is 28.8.